The average molecular weight is 313 g/mol. The fraction of sp³-hybridized carbons (Fsp3) is 0. The van der Waals surface area contributed by atoms with Crippen molar-refractivity contribution in [1.82, 2.24) is 0 Å². The number of halogens is 1. The first-order chi connectivity index (χ1) is 10.6. The molecule has 0 radical (unpaired) electrons. The van der Waals surface area contributed by atoms with Crippen LogP contribution in [0.2, 0.25) is 5.02 Å². The summed E-state index contributed by atoms with van der Waals surface area (Å²) in [7, 11) is 0. The van der Waals surface area contributed by atoms with Gasteiger partial charge in [0.05, 0.1) is 10.7 Å². The number of rotatable bonds is 4. The van der Waals surface area contributed by atoms with Crippen LogP contribution in [-0.2, 0) is 4.79 Å². The van der Waals surface area contributed by atoms with E-state index < -0.39 is 5.91 Å². The summed E-state index contributed by atoms with van der Waals surface area (Å²) in [5, 5.41) is 14.9. The first-order valence-corrected chi connectivity index (χ1v) is 6.76. The van der Waals surface area contributed by atoms with Crippen molar-refractivity contribution in [2.24, 2.45) is 0 Å². The van der Waals surface area contributed by atoms with Gasteiger partial charge in [0.1, 0.15) is 11.6 Å². The van der Waals surface area contributed by atoms with E-state index in [1.807, 2.05) is 36.4 Å². The van der Waals surface area contributed by atoms with Crippen LogP contribution in [0.25, 0.3) is 0 Å². The molecule has 0 aliphatic carbocycles. The normalized spacial score (nSPS) is 10.6. The highest BCUT2D eigenvalue weighted by Crippen LogP contribution is 2.24. The molecular formula is C16H13ClN4O. The van der Waals surface area contributed by atoms with Crippen molar-refractivity contribution in [1.29, 1.82) is 5.26 Å². The Kier molecular flexibility index (Phi) is 5.02. The summed E-state index contributed by atoms with van der Waals surface area (Å²) >= 11 is 5.98. The first-order valence-electron chi connectivity index (χ1n) is 6.38. The minimum Gasteiger partial charge on any atom is -0.399 e. The second-order valence-electron chi connectivity index (χ2n) is 4.37. The molecule has 0 aliphatic rings. The molecule has 0 fully saturated rings. The van der Waals surface area contributed by atoms with E-state index in [4.69, 9.17) is 22.6 Å². The van der Waals surface area contributed by atoms with Gasteiger partial charge in [-0.25, -0.2) is 0 Å². The maximum Gasteiger partial charge on any atom is 0.267 e. The zero-order valence-corrected chi connectivity index (χ0v) is 12.3. The van der Waals surface area contributed by atoms with Crippen molar-refractivity contribution < 1.29 is 4.79 Å². The molecule has 0 unspecified atom stereocenters. The van der Waals surface area contributed by atoms with Crippen molar-refractivity contribution >= 4 is 34.6 Å². The Morgan fingerprint density at radius 1 is 1.23 bits per heavy atom. The number of amides is 1. The number of nitrogen functional groups attached to an aromatic ring is 1. The number of nitrogens with one attached hydrogen (secondary N) is 2. The third-order valence-corrected chi connectivity index (χ3v) is 3.08. The molecule has 0 aromatic heterocycles. The van der Waals surface area contributed by atoms with Gasteiger partial charge in [-0.1, -0.05) is 29.8 Å². The molecule has 0 spiro atoms. The summed E-state index contributed by atoms with van der Waals surface area (Å²) in [6.07, 6.45) is 1.34. The fourth-order valence-corrected chi connectivity index (χ4v) is 1.90. The fourth-order valence-electron chi connectivity index (χ4n) is 1.66. The topological polar surface area (TPSA) is 90.9 Å². The van der Waals surface area contributed by atoms with E-state index >= 15 is 0 Å². The molecule has 1 amide bonds. The highest BCUT2D eigenvalue weighted by molar-refractivity contribution is 6.34. The maximum atomic E-state index is 12.1. The zero-order valence-electron chi connectivity index (χ0n) is 11.5. The molecule has 6 heteroatoms. The number of nitrogens with two attached hydrogens (primary N) is 1. The Bertz CT molecular complexity index is 750. The van der Waals surface area contributed by atoms with Crippen LogP contribution in [0.3, 0.4) is 0 Å². The molecule has 2 aromatic rings. The van der Waals surface area contributed by atoms with Crippen molar-refractivity contribution in [2.75, 3.05) is 16.4 Å². The predicted molar refractivity (Wildman–Crippen MR) is 88.3 cm³/mol. The summed E-state index contributed by atoms with van der Waals surface area (Å²) < 4.78 is 0. The van der Waals surface area contributed by atoms with Gasteiger partial charge in [0, 0.05) is 17.6 Å². The number of nitrogens with zero attached hydrogens (tertiary/aromatic N) is 1. The van der Waals surface area contributed by atoms with Gasteiger partial charge in [-0.2, -0.15) is 5.26 Å². The molecule has 0 bridgehead atoms. The van der Waals surface area contributed by atoms with E-state index in [1.54, 1.807) is 12.1 Å². The maximum absolute atomic E-state index is 12.1. The Hall–Kier alpha value is -2.97. The third kappa shape index (κ3) is 4.01. The second kappa shape index (κ2) is 7.16. The molecule has 0 saturated carbocycles. The van der Waals surface area contributed by atoms with Crippen molar-refractivity contribution in [3.05, 3.63) is 65.3 Å². The van der Waals surface area contributed by atoms with Gasteiger partial charge < -0.3 is 16.4 Å². The molecular weight excluding hydrogens is 300 g/mol. The van der Waals surface area contributed by atoms with Gasteiger partial charge in [0.2, 0.25) is 0 Å². The molecule has 110 valence electrons. The number of para-hydroxylation sites is 1. The number of benzene rings is 2. The summed E-state index contributed by atoms with van der Waals surface area (Å²) in [5.41, 5.74) is 7.17. The Labute approximate surface area is 133 Å². The first kappa shape index (κ1) is 15.4. The minimum atomic E-state index is -0.558. The number of nitriles is 1. The van der Waals surface area contributed by atoms with Crippen LogP contribution >= 0.6 is 11.6 Å². The minimum absolute atomic E-state index is 0.0725. The Morgan fingerprint density at radius 3 is 2.59 bits per heavy atom. The van der Waals surface area contributed by atoms with Crippen LogP contribution in [0.4, 0.5) is 17.1 Å². The third-order valence-electron chi connectivity index (χ3n) is 2.76. The van der Waals surface area contributed by atoms with Crippen molar-refractivity contribution in [3.8, 4) is 6.07 Å². The van der Waals surface area contributed by atoms with Gasteiger partial charge in [-0.05, 0) is 30.3 Å². The van der Waals surface area contributed by atoms with E-state index in [1.165, 1.54) is 12.3 Å². The number of carbonyl (C=O) groups excluding carboxylic acids is 1. The van der Waals surface area contributed by atoms with Crippen LogP contribution in [-0.4, -0.2) is 5.91 Å². The van der Waals surface area contributed by atoms with Crippen molar-refractivity contribution in [3.63, 3.8) is 0 Å². The molecule has 2 rings (SSSR count). The molecule has 22 heavy (non-hydrogen) atoms. The van der Waals surface area contributed by atoms with Gasteiger partial charge >= 0.3 is 0 Å². The standard InChI is InChI=1S/C16H13ClN4O/c17-14-8-12(19)6-7-15(14)21-16(22)11(9-18)10-20-13-4-2-1-3-5-13/h1-8,10,20H,19H2,(H,21,22)/b11-10-. The van der Waals surface area contributed by atoms with E-state index in [9.17, 15) is 4.79 Å². The van der Waals surface area contributed by atoms with Crippen LogP contribution in [0.5, 0.6) is 0 Å². The Morgan fingerprint density at radius 2 is 1.95 bits per heavy atom. The quantitative estimate of drug-likeness (QED) is 0.458. The molecule has 2 aromatic carbocycles. The Balaban J connectivity index is 2.10. The summed E-state index contributed by atoms with van der Waals surface area (Å²) in [6, 6.07) is 15.8. The lowest BCUT2D eigenvalue weighted by Gasteiger charge is -2.07. The number of carbonyl (C=O) groups is 1. The largest absolute Gasteiger partial charge is 0.399 e. The lowest BCUT2D eigenvalue weighted by Crippen LogP contribution is -2.15. The van der Waals surface area contributed by atoms with E-state index in [0.717, 1.165) is 5.69 Å². The molecule has 0 atom stereocenters. The number of hydrogen-bond donors (Lipinski definition) is 3. The number of hydrogen-bond acceptors (Lipinski definition) is 4. The monoisotopic (exact) mass is 312 g/mol. The second-order valence-corrected chi connectivity index (χ2v) is 4.78. The predicted octanol–water partition coefficient (Wildman–Crippen LogP) is 3.38. The lowest BCUT2D eigenvalue weighted by molar-refractivity contribution is -0.112. The van der Waals surface area contributed by atoms with E-state index in [2.05, 4.69) is 10.6 Å². The summed E-state index contributed by atoms with van der Waals surface area (Å²) in [4.78, 5) is 12.1. The van der Waals surface area contributed by atoms with E-state index in [-0.39, 0.29) is 5.57 Å². The van der Waals surface area contributed by atoms with Crippen LogP contribution in [0.1, 0.15) is 0 Å². The lowest BCUT2D eigenvalue weighted by atomic mass is 10.2. The van der Waals surface area contributed by atoms with Crippen molar-refractivity contribution in [2.45, 2.75) is 0 Å². The summed E-state index contributed by atoms with van der Waals surface area (Å²) in [5.74, 6) is -0.558. The zero-order chi connectivity index (χ0) is 15.9. The van der Waals surface area contributed by atoms with Gasteiger partial charge in [0.25, 0.3) is 5.91 Å². The number of anilines is 3. The SMILES string of the molecule is N#C/C(=C/Nc1ccccc1)C(=O)Nc1ccc(N)cc1Cl. The molecule has 0 saturated heterocycles. The van der Waals surface area contributed by atoms with Gasteiger partial charge in [-0.3, -0.25) is 4.79 Å². The molecule has 0 aliphatic heterocycles. The van der Waals surface area contributed by atoms with Crippen LogP contribution in [0.15, 0.2) is 60.3 Å². The summed E-state index contributed by atoms with van der Waals surface area (Å²) in [6.45, 7) is 0. The molecule has 0 heterocycles. The van der Waals surface area contributed by atoms with Gasteiger partial charge in [0.15, 0.2) is 0 Å². The van der Waals surface area contributed by atoms with Gasteiger partial charge in [-0.15, -0.1) is 0 Å². The van der Waals surface area contributed by atoms with E-state index in [0.29, 0.717) is 16.4 Å². The molecule has 4 N–H and O–H groups in total. The molecule has 5 nitrogen and oxygen atoms in total. The van der Waals surface area contributed by atoms with Crippen LogP contribution in [0, 0.1) is 11.3 Å². The smallest absolute Gasteiger partial charge is 0.267 e. The highest BCUT2D eigenvalue weighted by Gasteiger charge is 2.11. The van der Waals surface area contributed by atoms with Crippen LogP contribution < -0.4 is 16.4 Å². The average Bonchev–Trinajstić information content (AvgIpc) is 2.52. The highest BCUT2D eigenvalue weighted by atomic mass is 35.5.